The van der Waals surface area contributed by atoms with E-state index in [0.29, 0.717) is 12.0 Å². The van der Waals surface area contributed by atoms with Crippen LogP contribution < -0.4 is 10.2 Å². The number of rotatable bonds is 2. The Labute approximate surface area is 103 Å². The van der Waals surface area contributed by atoms with Crippen molar-refractivity contribution < 1.29 is 18.8 Å². The largest absolute Gasteiger partial charge is 0.350 e. The second-order valence-electron chi connectivity index (χ2n) is 4.04. The van der Waals surface area contributed by atoms with E-state index in [-0.39, 0.29) is 12.1 Å². The molecule has 1 unspecified atom stereocenters. The van der Waals surface area contributed by atoms with Crippen LogP contribution in [0.4, 0.5) is 10.1 Å². The highest BCUT2D eigenvalue weighted by atomic mass is 19.1. The van der Waals surface area contributed by atoms with Crippen LogP contribution in [-0.4, -0.2) is 30.7 Å². The summed E-state index contributed by atoms with van der Waals surface area (Å²) in [5.41, 5.74) is 0.492. The normalized spacial score (nSPS) is 19.7. The van der Waals surface area contributed by atoms with Gasteiger partial charge in [0.1, 0.15) is 11.9 Å². The average molecular weight is 250 g/mol. The van der Waals surface area contributed by atoms with Gasteiger partial charge in [-0.15, -0.1) is 0 Å². The van der Waals surface area contributed by atoms with E-state index in [1.165, 1.54) is 17.0 Å². The van der Waals surface area contributed by atoms with Gasteiger partial charge in [0.15, 0.2) is 6.29 Å². The molecule has 1 fully saturated rings. The Balaban J connectivity index is 2.43. The summed E-state index contributed by atoms with van der Waals surface area (Å²) in [5, 5.41) is 2.20. The zero-order chi connectivity index (χ0) is 13.3. The van der Waals surface area contributed by atoms with Crippen LogP contribution in [0.2, 0.25) is 0 Å². The highest BCUT2D eigenvalue weighted by Gasteiger charge is 2.31. The van der Waals surface area contributed by atoms with Gasteiger partial charge in [0.05, 0.1) is 6.54 Å². The summed E-state index contributed by atoms with van der Waals surface area (Å²) >= 11 is 0. The molecule has 0 aromatic heterocycles. The minimum Gasteiger partial charge on any atom is -0.350 e. The van der Waals surface area contributed by atoms with Crippen LogP contribution in [0.25, 0.3) is 0 Å². The molecule has 1 aliphatic heterocycles. The van der Waals surface area contributed by atoms with Gasteiger partial charge in [-0.1, -0.05) is 0 Å². The van der Waals surface area contributed by atoms with Crippen LogP contribution in [0.15, 0.2) is 18.2 Å². The van der Waals surface area contributed by atoms with Crippen molar-refractivity contribution in [2.75, 3.05) is 11.4 Å². The van der Waals surface area contributed by atoms with Gasteiger partial charge in [-0.2, -0.15) is 0 Å². The Morgan fingerprint density at radius 2 is 2.17 bits per heavy atom. The quantitative estimate of drug-likeness (QED) is 0.612. The number of nitrogens with one attached hydrogen (secondary N) is 1. The molecule has 1 saturated heterocycles. The number of anilines is 1. The summed E-state index contributed by atoms with van der Waals surface area (Å²) in [6, 6.07) is 3.06. The number of aldehydes is 1. The first kappa shape index (κ1) is 12.2. The van der Waals surface area contributed by atoms with Gasteiger partial charge in [-0.05, 0) is 25.1 Å². The molecule has 1 aromatic rings. The first-order valence-electron chi connectivity index (χ1n) is 5.38. The van der Waals surface area contributed by atoms with Crippen molar-refractivity contribution in [3.8, 4) is 0 Å². The topological polar surface area (TPSA) is 66.5 Å². The number of amides is 2. The van der Waals surface area contributed by atoms with E-state index >= 15 is 0 Å². The first-order chi connectivity index (χ1) is 8.52. The number of nitrogens with zero attached hydrogens (tertiary/aromatic N) is 1. The smallest absolute Gasteiger partial charge is 0.249 e. The predicted octanol–water partition coefficient (Wildman–Crippen LogP) is 0.489. The van der Waals surface area contributed by atoms with Crippen LogP contribution in [0.3, 0.4) is 0 Å². The molecule has 0 bridgehead atoms. The van der Waals surface area contributed by atoms with E-state index in [1.54, 1.807) is 6.92 Å². The molecule has 5 nitrogen and oxygen atoms in total. The molecule has 0 spiro atoms. The van der Waals surface area contributed by atoms with E-state index < -0.39 is 23.7 Å². The van der Waals surface area contributed by atoms with E-state index in [1.807, 2.05) is 0 Å². The summed E-state index contributed by atoms with van der Waals surface area (Å²) < 4.78 is 13.0. The van der Waals surface area contributed by atoms with Crippen molar-refractivity contribution >= 4 is 23.8 Å². The molecular formula is C12H11FN2O3. The molecule has 1 heterocycles. The van der Waals surface area contributed by atoms with Crippen LogP contribution in [0.5, 0.6) is 0 Å². The lowest BCUT2D eigenvalue weighted by molar-refractivity contribution is -0.132. The lowest BCUT2D eigenvalue weighted by atomic mass is 10.1. The van der Waals surface area contributed by atoms with Crippen LogP contribution in [0.1, 0.15) is 17.3 Å². The highest BCUT2D eigenvalue weighted by molar-refractivity contribution is 6.05. The highest BCUT2D eigenvalue weighted by Crippen LogP contribution is 2.23. The minimum atomic E-state index is -0.591. The van der Waals surface area contributed by atoms with Crippen LogP contribution in [-0.2, 0) is 9.59 Å². The standard InChI is InChI=1S/C12H11FN2O3/c1-7-12(18)14-11(17)5-15(7)10-3-2-9(13)4-8(10)6-16/h2-4,6-7H,5H2,1H3,(H,14,17,18). The number of benzene rings is 1. The second kappa shape index (κ2) is 4.56. The third-order valence-corrected chi connectivity index (χ3v) is 2.85. The van der Waals surface area contributed by atoms with Gasteiger partial charge in [0.2, 0.25) is 11.8 Å². The van der Waals surface area contributed by atoms with Gasteiger partial charge >= 0.3 is 0 Å². The Hall–Kier alpha value is -2.24. The minimum absolute atomic E-state index is 0.0423. The summed E-state index contributed by atoms with van der Waals surface area (Å²) in [7, 11) is 0. The zero-order valence-electron chi connectivity index (χ0n) is 9.64. The fraction of sp³-hybridized carbons (Fsp3) is 0.250. The van der Waals surface area contributed by atoms with Crippen molar-refractivity contribution in [2.45, 2.75) is 13.0 Å². The van der Waals surface area contributed by atoms with Gasteiger partial charge in [-0.3, -0.25) is 19.7 Å². The number of carbonyl (C=O) groups is 3. The number of halogens is 1. The van der Waals surface area contributed by atoms with E-state index in [9.17, 15) is 18.8 Å². The number of hydrogen-bond donors (Lipinski definition) is 1. The van der Waals surface area contributed by atoms with Crippen molar-refractivity contribution in [1.82, 2.24) is 5.32 Å². The van der Waals surface area contributed by atoms with Gasteiger partial charge in [0.25, 0.3) is 0 Å². The lowest BCUT2D eigenvalue weighted by Gasteiger charge is -2.34. The molecule has 0 aliphatic carbocycles. The van der Waals surface area contributed by atoms with Crippen LogP contribution in [0, 0.1) is 5.82 Å². The van der Waals surface area contributed by atoms with Gasteiger partial charge in [-0.25, -0.2) is 4.39 Å². The summed E-state index contributed by atoms with van der Waals surface area (Å²) in [6.45, 7) is 1.57. The van der Waals surface area contributed by atoms with Gasteiger partial charge < -0.3 is 4.90 Å². The Bertz CT molecular complexity index is 530. The van der Waals surface area contributed by atoms with Crippen molar-refractivity contribution in [3.05, 3.63) is 29.6 Å². The Morgan fingerprint density at radius 1 is 1.44 bits per heavy atom. The molecule has 0 saturated carbocycles. The van der Waals surface area contributed by atoms with Crippen LogP contribution >= 0.6 is 0 Å². The lowest BCUT2D eigenvalue weighted by Crippen LogP contribution is -2.57. The maximum Gasteiger partial charge on any atom is 0.249 e. The first-order valence-corrected chi connectivity index (χ1v) is 5.38. The average Bonchev–Trinajstić information content (AvgIpc) is 2.34. The fourth-order valence-electron chi connectivity index (χ4n) is 1.89. The third-order valence-electron chi connectivity index (χ3n) is 2.85. The summed E-state index contributed by atoms with van der Waals surface area (Å²) in [6.07, 6.45) is 0.502. The molecule has 18 heavy (non-hydrogen) atoms. The summed E-state index contributed by atoms with van der Waals surface area (Å²) in [4.78, 5) is 35.2. The second-order valence-corrected chi connectivity index (χ2v) is 4.04. The molecule has 1 aromatic carbocycles. The molecule has 6 heteroatoms. The monoisotopic (exact) mass is 250 g/mol. The van der Waals surface area contributed by atoms with Crippen molar-refractivity contribution in [3.63, 3.8) is 0 Å². The zero-order valence-corrected chi connectivity index (χ0v) is 9.64. The molecule has 1 N–H and O–H groups in total. The number of hydrogen-bond acceptors (Lipinski definition) is 4. The Kier molecular flexibility index (Phi) is 3.10. The molecule has 2 amide bonds. The molecular weight excluding hydrogens is 239 g/mol. The van der Waals surface area contributed by atoms with E-state index in [2.05, 4.69) is 5.32 Å². The van der Waals surface area contributed by atoms with Crippen molar-refractivity contribution in [1.29, 1.82) is 0 Å². The number of imide groups is 1. The third kappa shape index (κ3) is 2.09. The number of carbonyl (C=O) groups excluding carboxylic acids is 3. The number of piperazine rings is 1. The SMILES string of the molecule is CC1C(=O)NC(=O)CN1c1ccc(F)cc1C=O. The molecule has 0 radical (unpaired) electrons. The summed E-state index contributed by atoms with van der Waals surface area (Å²) in [5.74, 6) is -1.42. The maximum absolute atomic E-state index is 13.0. The predicted molar refractivity (Wildman–Crippen MR) is 61.7 cm³/mol. The molecule has 94 valence electrons. The van der Waals surface area contributed by atoms with Crippen molar-refractivity contribution in [2.24, 2.45) is 0 Å². The maximum atomic E-state index is 13.0. The molecule has 1 aliphatic rings. The molecule has 1 atom stereocenters. The van der Waals surface area contributed by atoms with E-state index in [4.69, 9.17) is 0 Å². The molecule has 2 rings (SSSR count). The fourth-order valence-corrected chi connectivity index (χ4v) is 1.89. The Morgan fingerprint density at radius 3 is 2.83 bits per heavy atom. The van der Waals surface area contributed by atoms with Gasteiger partial charge in [0, 0.05) is 11.3 Å². The van der Waals surface area contributed by atoms with E-state index in [0.717, 1.165) is 6.07 Å².